The summed E-state index contributed by atoms with van der Waals surface area (Å²) in [4.78, 5) is 37.9. The van der Waals surface area contributed by atoms with Crippen molar-refractivity contribution in [1.82, 2.24) is 15.5 Å². The van der Waals surface area contributed by atoms with Gasteiger partial charge in [-0.3, -0.25) is 19.7 Å². The highest BCUT2D eigenvalue weighted by molar-refractivity contribution is 6.05. The molecule has 7 heteroatoms. The molecule has 2 aliphatic heterocycles. The van der Waals surface area contributed by atoms with Gasteiger partial charge in [0.15, 0.2) is 0 Å². The topological polar surface area (TPSA) is 105 Å². The fraction of sp³-hybridized carbons (Fsp3) is 0.550. The van der Waals surface area contributed by atoms with Crippen LogP contribution in [0.3, 0.4) is 0 Å². The second kappa shape index (κ2) is 7.05. The van der Waals surface area contributed by atoms with Crippen LogP contribution in [0, 0.1) is 5.41 Å². The average molecular weight is 370 g/mol. The van der Waals surface area contributed by atoms with E-state index in [1.165, 1.54) is 19.3 Å². The van der Waals surface area contributed by atoms with E-state index >= 15 is 0 Å². The Balaban J connectivity index is 1.40. The minimum absolute atomic E-state index is 0.126. The maximum Gasteiger partial charge on any atom is 0.255 e. The molecule has 0 radical (unpaired) electrons. The zero-order chi connectivity index (χ0) is 19.0. The molecule has 0 spiro atoms. The predicted octanol–water partition coefficient (Wildman–Crippen LogP) is 0.666. The number of amides is 3. The van der Waals surface area contributed by atoms with E-state index in [0.717, 1.165) is 17.7 Å². The molecule has 0 bridgehead atoms. The number of hydrogen-bond acceptors (Lipinski definition) is 5. The predicted molar refractivity (Wildman–Crippen MR) is 99.5 cm³/mol. The Morgan fingerprint density at radius 1 is 1.26 bits per heavy atom. The summed E-state index contributed by atoms with van der Waals surface area (Å²) < 4.78 is 0. The number of nitrogens with zero attached hydrogens (tertiary/aromatic N) is 1. The van der Waals surface area contributed by atoms with Gasteiger partial charge in [-0.2, -0.15) is 0 Å². The molecule has 0 aromatic heterocycles. The third-order valence-corrected chi connectivity index (χ3v) is 6.27. The van der Waals surface area contributed by atoms with E-state index in [9.17, 15) is 14.4 Å². The van der Waals surface area contributed by atoms with Gasteiger partial charge >= 0.3 is 0 Å². The molecule has 1 unspecified atom stereocenters. The maximum absolute atomic E-state index is 12.8. The third kappa shape index (κ3) is 3.37. The first kappa shape index (κ1) is 18.1. The van der Waals surface area contributed by atoms with E-state index in [1.807, 2.05) is 18.2 Å². The van der Waals surface area contributed by atoms with Crippen LogP contribution in [-0.4, -0.2) is 41.8 Å². The summed E-state index contributed by atoms with van der Waals surface area (Å²) in [6.45, 7) is 2.73. The zero-order valence-electron chi connectivity index (χ0n) is 15.4. The van der Waals surface area contributed by atoms with Crippen LogP contribution in [0.15, 0.2) is 18.2 Å². The number of imide groups is 1. The summed E-state index contributed by atoms with van der Waals surface area (Å²) in [5.74, 6) is -0.767. The van der Waals surface area contributed by atoms with Crippen molar-refractivity contribution in [3.8, 4) is 0 Å². The Kier molecular flexibility index (Phi) is 4.74. The van der Waals surface area contributed by atoms with E-state index in [0.29, 0.717) is 31.6 Å². The van der Waals surface area contributed by atoms with Crippen molar-refractivity contribution >= 4 is 17.7 Å². The molecule has 1 atom stereocenters. The highest BCUT2D eigenvalue weighted by atomic mass is 16.2. The van der Waals surface area contributed by atoms with Gasteiger partial charge in [0.25, 0.3) is 5.91 Å². The van der Waals surface area contributed by atoms with Gasteiger partial charge in [0, 0.05) is 31.6 Å². The van der Waals surface area contributed by atoms with E-state index in [4.69, 9.17) is 5.73 Å². The second-order valence-electron chi connectivity index (χ2n) is 8.05. The van der Waals surface area contributed by atoms with Gasteiger partial charge in [-0.25, -0.2) is 0 Å². The average Bonchev–Trinajstić information content (AvgIpc) is 2.94. The Labute approximate surface area is 158 Å². The van der Waals surface area contributed by atoms with Crippen LogP contribution in [0.25, 0.3) is 0 Å². The molecular formula is C20H26N4O3. The van der Waals surface area contributed by atoms with E-state index in [2.05, 4.69) is 10.6 Å². The summed E-state index contributed by atoms with van der Waals surface area (Å²) in [5.41, 5.74) is 8.80. The van der Waals surface area contributed by atoms with Gasteiger partial charge in [-0.05, 0) is 48.4 Å². The normalized spacial score (nSPS) is 23.8. The van der Waals surface area contributed by atoms with Crippen molar-refractivity contribution in [2.24, 2.45) is 11.1 Å². The van der Waals surface area contributed by atoms with Crippen molar-refractivity contribution in [3.05, 3.63) is 34.9 Å². The van der Waals surface area contributed by atoms with Crippen LogP contribution < -0.4 is 16.4 Å². The highest BCUT2D eigenvalue weighted by Gasteiger charge is 2.39. The summed E-state index contributed by atoms with van der Waals surface area (Å²) in [6, 6.07) is 5.36. The molecule has 144 valence electrons. The largest absolute Gasteiger partial charge is 0.330 e. The van der Waals surface area contributed by atoms with Crippen LogP contribution in [0.2, 0.25) is 0 Å². The molecule has 1 aliphatic carbocycles. The number of nitrogens with two attached hydrogens (primary N) is 1. The maximum atomic E-state index is 12.8. The summed E-state index contributed by atoms with van der Waals surface area (Å²) in [5, 5.41) is 5.81. The monoisotopic (exact) mass is 370 g/mol. The summed E-state index contributed by atoms with van der Waals surface area (Å²) >= 11 is 0. The molecule has 3 amide bonds. The Morgan fingerprint density at radius 3 is 2.74 bits per heavy atom. The fourth-order valence-corrected chi connectivity index (χ4v) is 4.31. The molecule has 1 saturated carbocycles. The van der Waals surface area contributed by atoms with Gasteiger partial charge in [0.1, 0.15) is 6.04 Å². The number of fused-ring (bicyclic) bond motifs is 1. The summed E-state index contributed by atoms with van der Waals surface area (Å²) in [6.07, 6.45) is 4.27. The number of hydrogen-bond donors (Lipinski definition) is 3. The molecule has 1 aromatic rings. The van der Waals surface area contributed by atoms with Crippen LogP contribution >= 0.6 is 0 Å². The van der Waals surface area contributed by atoms with Crippen LogP contribution in [-0.2, 0) is 22.7 Å². The first-order chi connectivity index (χ1) is 13.0. The molecular weight excluding hydrogens is 344 g/mol. The van der Waals surface area contributed by atoms with Crippen molar-refractivity contribution < 1.29 is 14.4 Å². The molecule has 27 heavy (non-hydrogen) atoms. The van der Waals surface area contributed by atoms with E-state index < -0.39 is 6.04 Å². The van der Waals surface area contributed by atoms with Crippen molar-refractivity contribution in [2.45, 2.75) is 51.2 Å². The fourth-order valence-electron chi connectivity index (χ4n) is 4.31. The van der Waals surface area contributed by atoms with Gasteiger partial charge in [-0.15, -0.1) is 0 Å². The van der Waals surface area contributed by atoms with Gasteiger partial charge in [0.2, 0.25) is 11.8 Å². The highest BCUT2D eigenvalue weighted by Crippen LogP contribution is 2.39. The number of carbonyl (C=O) groups excluding carboxylic acids is 3. The molecule has 4 N–H and O–H groups in total. The molecule has 7 nitrogen and oxygen atoms in total. The first-order valence-corrected chi connectivity index (χ1v) is 9.69. The van der Waals surface area contributed by atoms with Gasteiger partial charge in [0.05, 0.1) is 0 Å². The van der Waals surface area contributed by atoms with Crippen molar-refractivity contribution in [1.29, 1.82) is 0 Å². The minimum Gasteiger partial charge on any atom is -0.330 e. The Morgan fingerprint density at radius 2 is 2.07 bits per heavy atom. The van der Waals surface area contributed by atoms with Gasteiger partial charge < -0.3 is 16.0 Å². The van der Waals surface area contributed by atoms with Crippen LogP contribution in [0.4, 0.5) is 0 Å². The Hall–Kier alpha value is -2.25. The van der Waals surface area contributed by atoms with Crippen molar-refractivity contribution in [3.63, 3.8) is 0 Å². The lowest BCUT2D eigenvalue weighted by molar-refractivity contribution is -0.136. The van der Waals surface area contributed by atoms with E-state index in [1.54, 1.807) is 4.90 Å². The molecule has 3 aliphatic rings. The standard InChI is InChI=1S/C20H26N4O3/c21-11-20(6-1-7-20)12-22-9-13-2-3-14-10-24(19(27)15(14)8-13)16-4-5-17(25)23-18(16)26/h2-3,8,16,22H,1,4-7,9-12,21H2,(H,23,25,26). The quantitative estimate of drug-likeness (QED) is 0.639. The summed E-state index contributed by atoms with van der Waals surface area (Å²) in [7, 11) is 0. The number of benzene rings is 1. The molecule has 1 saturated heterocycles. The van der Waals surface area contributed by atoms with Crippen molar-refractivity contribution in [2.75, 3.05) is 13.1 Å². The van der Waals surface area contributed by atoms with Gasteiger partial charge in [-0.1, -0.05) is 18.6 Å². The zero-order valence-corrected chi connectivity index (χ0v) is 15.4. The van der Waals surface area contributed by atoms with E-state index in [-0.39, 0.29) is 29.6 Å². The molecule has 2 heterocycles. The first-order valence-electron chi connectivity index (χ1n) is 9.69. The number of nitrogens with one attached hydrogen (secondary N) is 2. The lowest BCUT2D eigenvalue weighted by Crippen LogP contribution is -2.52. The number of rotatable bonds is 6. The SMILES string of the molecule is NCC1(CNCc2ccc3c(c2)C(=O)N(C2CCC(=O)NC2=O)C3)CCC1. The molecule has 1 aromatic carbocycles. The minimum atomic E-state index is -0.563. The molecule has 4 rings (SSSR count). The number of carbonyl (C=O) groups is 3. The Bertz CT molecular complexity index is 782. The van der Waals surface area contributed by atoms with Crippen LogP contribution in [0.1, 0.15) is 53.6 Å². The number of piperidine rings is 1. The lowest BCUT2D eigenvalue weighted by atomic mass is 9.69. The smallest absolute Gasteiger partial charge is 0.255 e. The van der Waals surface area contributed by atoms with Crippen LogP contribution in [0.5, 0.6) is 0 Å². The lowest BCUT2D eigenvalue weighted by Gasteiger charge is -2.41. The third-order valence-electron chi connectivity index (χ3n) is 6.27. The molecule has 2 fully saturated rings. The second-order valence-corrected chi connectivity index (χ2v) is 8.05.